The summed E-state index contributed by atoms with van der Waals surface area (Å²) in [6.07, 6.45) is 16.6. The topological polar surface area (TPSA) is 376 Å². The van der Waals surface area contributed by atoms with E-state index >= 15 is 0 Å². The number of benzene rings is 4. The van der Waals surface area contributed by atoms with Crippen molar-refractivity contribution in [2.75, 3.05) is 114 Å². The van der Waals surface area contributed by atoms with Gasteiger partial charge >= 0.3 is 18.2 Å². The van der Waals surface area contributed by atoms with E-state index in [4.69, 9.17) is 23.6 Å². The van der Waals surface area contributed by atoms with Crippen LogP contribution in [0, 0.1) is 0 Å². The maximum Gasteiger partial charge on any atom is 0.413 e. The molecule has 3 fully saturated rings. The minimum atomic E-state index is -0.608. The molecule has 8 N–H and O–H groups in total. The van der Waals surface area contributed by atoms with Crippen molar-refractivity contribution in [2.45, 2.75) is 40.4 Å². The van der Waals surface area contributed by atoms with Gasteiger partial charge < -0.3 is 53.7 Å². The maximum atomic E-state index is 13.3. The van der Waals surface area contributed by atoms with Gasteiger partial charge in [0.2, 0.25) is 23.7 Å². The van der Waals surface area contributed by atoms with E-state index in [1.165, 1.54) is 5.56 Å². The molecule has 0 bridgehead atoms. The molecule has 3 saturated heterocycles. The molecule has 0 unspecified atom stereocenters. The normalized spacial score (nSPS) is 14.2. The average Bonchev–Trinajstić information content (AvgIpc) is 1.61. The molecule has 3 aliphatic heterocycles. The molecule has 552 valence electrons. The number of anilines is 3. The number of carbonyl (C=O) groups is 4. The molecule has 0 saturated carbocycles. The number of nitrogens with zero attached hydrogens (tertiary/aromatic N) is 16. The number of imidazole rings is 4. The fourth-order valence-electron chi connectivity index (χ4n) is 12.6. The smallest absolute Gasteiger partial charge is 0.413 e. The van der Waals surface area contributed by atoms with Gasteiger partial charge in [0.1, 0.15) is 34.3 Å². The number of urea groups is 2. The lowest BCUT2D eigenvalue weighted by Crippen LogP contribution is -2.48. The van der Waals surface area contributed by atoms with Crippen LogP contribution in [-0.2, 0) is 33.8 Å². The Morgan fingerprint density at radius 1 is 0.500 bits per heavy atom. The number of aromatic nitrogens is 15. The Morgan fingerprint density at radius 2 is 1.06 bits per heavy atom. The number of carbonyl (C=O) groups excluding carboxylic acids is 4. The minimum absolute atomic E-state index is 0.0988. The van der Waals surface area contributed by atoms with Gasteiger partial charge in [-0.1, -0.05) is 42.5 Å². The monoisotopic (exact) mass is 1460 g/mol. The second kappa shape index (κ2) is 34.4. The predicted molar refractivity (Wildman–Crippen MR) is 405 cm³/mol. The number of fused-ring (bicyclic) bond motifs is 3. The molecule has 0 atom stereocenters. The fraction of sp³-hybridized carbons (Fsp3) is 0.276. The second-order valence-corrected chi connectivity index (χ2v) is 25.4. The number of H-pyrrole nitrogens is 3. The summed E-state index contributed by atoms with van der Waals surface area (Å²) in [5.74, 6) is 3.13. The summed E-state index contributed by atoms with van der Waals surface area (Å²) in [5, 5.41) is 13.5. The van der Waals surface area contributed by atoms with Crippen molar-refractivity contribution < 1.29 is 37.8 Å². The Morgan fingerprint density at radius 3 is 1.65 bits per heavy atom. The molecule has 108 heavy (non-hydrogen) atoms. The molecule has 32 heteroatoms. The van der Waals surface area contributed by atoms with Crippen molar-refractivity contribution in [3.8, 4) is 62.2 Å². The first-order valence-corrected chi connectivity index (χ1v) is 35.7. The van der Waals surface area contributed by atoms with E-state index in [0.717, 1.165) is 140 Å². The molecule has 13 aromatic rings. The van der Waals surface area contributed by atoms with Crippen molar-refractivity contribution >= 4 is 75.0 Å². The SMILES string of the molecule is CCNC(=O)Nc1nc2c(-c3ncc(CN4CCOCC4)o3)cc(-c3cccnc3)cc2[nH]1.CCNC(=O)Nc1nc2c(-c3ncccn3)cc(-c3ccc(CN4CCOCC4)nc3)cc2[nH]1.CCOC(=O)Nc1nc2c(-c3ncccn3)cc(-n3cnc(C(=O)N4CCN(Cc5ccccc5)CC4)c3)cc2[nH]1. The maximum absolute atomic E-state index is 13.3. The Labute approximate surface area is 619 Å². The van der Waals surface area contributed by atoms with Gasteiger partial charge in [0.25, 0.3) is 5.91 Å². The van der Waals surface area contributed by atoms with Gasteiger partial charge in [0.05, 0.1) is 73.6 Å². The van der Waals surface area contributed by atoms with Gasteiger partial charge in [-0.05, 0) is 98.1 Å². The van der Waals surface area contributed by atoms with E-state index in [-0.39, 0.29) is 30.5 Å². The molecule has 0 spiro atoms. The highest BCUT2D eigenvalue weighted by molar-refractivity contribution is 6.00. The van der Waals surface area contributed by atoms with Crippen LogP contribution in [-0.4, -0.2) is 216 Å². The number of nitrogens with one attached hydrogen (secondary N) is 8. The van der Waals surface area contributed by atoms with Crippen molar-refractivity contribution in [3.05, 3.63) is 188 Å². The summed E-state index contributed by atoms with van der Waals surface area (Å²) in [5.41, 5.74) is 13.4. The van der Waals surface area contributed by atoms with Crippen LogP contribution < -0.4 is 26.6 Å². The average molecular weight is 1460 g/mol. The number of piperazine rings is 1. The third-order valence-corrected chi connectivity index (χ3v) is 17.9. The van der Waals surface area contributed by atoms with Gasteiger partial charge in [0, 0.05) is 156 Å². The third-order valence-electron chi connectivity index (χ3n) is 17.9. The zero-order chi connectivity index (χ0) is 74.1. The number of rotatable bonds is 19. The largest absolute Gasteiger partial charge is 0.450 e. The van der Waals surface area contributed by atoms with E-state index in [9.17, 15) is 19.2 Å². The van der Waals surface area contributed by atoms with Crippen LogP contribution in [0.5, 0.6) is 0 Å². The zero-order valence-electron chi connectivity index (χ0n) is 59.7. The van der Waals surface area contributed by atoms with Gasteiger partial charge in [-0.3, -0.25) is 45.4 Å². The van der Waals surface area contributed by atoms with Crippen LogP contribution in [0.4, 0.5) is 32.2 Å². The molecular weight excluding hydrogens is 1380 g/mol. The van der Waals surface area contributed by atoms with Gasteiger partial charge in [-0.15, -0.1) is 0 Å². The Bertz CT molecular complexity index is 5190. The molecule has 16 rings (SSSR count). The third kappa shape index (κ3) is 18.0. The molecule has 0 aliphatic carbocycles. The van der Waals surface area contributed by atoms with Crippen LogP contribution in [0.15, 0.2) is 170 Å². The second-order valence-electron chi connectivity index (χ2n) is 25.4. The number of pyridine rings is 2. The van der Waals surface area contributed by atoms with Gasteiger partial charge in [-0.2, -0.15) is 0 Å². The van der Waals surface area contributed by atoms with Crippen molar-refractivity contribution in [2.24, 2.45) is 0 Å². The molecule has 9 aromatic heterocycles. The summed E-state index contributed by atoms with van der Waals surface area (Å²) in [4.78, 5) is 117. The number of amides is 6. The highest BCUT2D eigenvalue weighted by atomic mass is 16.5. The molecule has 0 radical (unpaired) electrons. The first-order chi connectivity index (χ1) is 53.0. The standard InChI is InChI=1S/C29H29N9O3.C24H26N8O2.C23H25N7O3/c1-2-41-29(40)35-28-33-23-16-21(15-22(25(23)34-28)26-30-9-6-10-31-26)38-18-24(32-19-38)27(39)37-13-11-36(12-14-37)17-20-7-4-3-5-8-20;1-2-25-24(33)31-23-29-20-13-17(12-19(21(20)30-23)22-26-6-3-7-27-22)16-4-5-18(28-14-16)15-32-8-10-34-11-9-32;1-2-25-23(31)29-22-27-19-11-16(15-4-3-5-24-12-15)10-18(20(19)28-22)21-26-13-17(33-21)14-30-6-8-32-9-7-30/h3-10,15-16,18-19H,2,11-14,17H2,1H3,(H2,33,34,35,40);3-7,12-14H,2,8-11,15H2,1H3,(H3,25,29,30,31,33);3-5,10-13H,2,6-9,14H2,1H3,(H3,25,27,28,29,31). The van der Waals surface area contributed by atoms with E-state index in [1.54, 1.807) is 79.5 Å². The predicted octanol–water partition coefficient (Wildman–Crippen LogP) is 10.0. The van der Waals surface area contributed by atoms with Crippen LogP contribution in [0.3, 0.4) is 0 Å². The first kappa shape index (κ1) is 72.2. The number of aromatic amines is 3. The zero-order valence-corrected chi connectivity index (χ0v) is 59.7. The lowest BCUT2D eigenvalue weighted by Gasteiger charge is -2.34. The van der Waals surface area contributed by atoms with Crippen molar-refractivity contribution in [3.63, 3.8) is 0 Å². The van der Waals surface area contributed by atoms with Crippen molar-refractivity contribution in [1.82, 2.24) is 105 Å². The summed E-state index contributed by atoms with van der Waals surface area (Å²) >= 11 is 0. The lowest BCUT2D eigenvalue weighted by atomic mass is 10.0. The lowest BCUT2D eigenvalue weighted by molar-refractivity contribution is 0.0314. The number of morpholine rings is 2. The van der Waals surface area contributed by atoms with E-state index in [1.807, 2.05) is 91.7 Å². The van der Waals surface area contributed by atoms with E-state index in [2.05, 4.69) is 130 Å². The fourth-order valence-corrected chi connectivity index (χ4v) is 12.6. The summed E-state index contributed by atoms with van der Waals surface area (Å²) in [6.45, 7) is 18.5. The first-order valence-electron chi connectivity index (χ1n) is 35.7. The Balaban J connectivity index is 0.000000137. The molecular formula is C76H80N24O8. The van der Waals surface area contributed by atoms with Crippen LogP contribution in [0.25, 0.3) is 95.3 Å². The summed E-state index contributed by atoms with van der Waals surface area (Å²) in [7, 11) is 0. The van der Waals surface area contributed by atoms with Crippen LogP contribution in [0.1, 0.15) is 48.3 Å². The van der Waals surface area contributed by atoms with Crippen LogP contribution >= 0.6 is 0 Å². The molecule has 12 heterocycles. The number of oxazole rings is 1. The van der Waals surface area contributed by atoms with Gasteiger partial charge in [-0.25, -0.2) is 59.2 Å². The number of hydrogen-bond acceptors (Lipinski definition) is 22. The summed E-state index contributed by atoms with van der Waals surface area (Å²) in [6, 6.07) is 32.9. The minimum Gasteiger partial charge on any atom is -0.450 e. The molecule has 4 aromatic carbocycles. The highest BCUT2D eigenvalue weighted by Gasteiger charge is 2.26. The quantitative estimate of drug-likeness (QED) is 0.0373. The molecule has 6 amide bonds. The van der Waals surface area contributed by atoms with Gasteiger partial charge in [0.15, 0.2) is 11.6 Å². The van der Waals surface area contributed by atoms with E-state index in [0.29, 0.717) is 95.5 Å². The van der Waals surface area contributed by atoms with E-state index < -0.39 is 6.09 Å². The highest BCUT2D eigenvalue weighted by Crippen LogP contribution is 2.36. The summed E-state index contributed by atoms with van der Waals surface area (Å²) < 4.78 is 23.7. The number of ether oxygens (including phenoxy) is 3. The van der Waals surface area contributed by atoms with Crippen LogP contribution in [0.2, 0.25) is 0 Å². The Kier molecular flexibility index (Phi) is 23.0. The Hall–Kier alpha value is -12.8. The molecule has 3 aliphatic rings. The van der Waals surface area contributed by atoms with Crippen molar-refractivity contribution in [1.29, 1.82) is 0 Å². The number of hydrogen-bond donors (Lipinski definition) is 8. The molecule has 32 nitrogen and oxygen atoms in total.